The van der Waals surface area contributed by atoms with E-state index in [2.05, 4.69) is 22.6 Å². The molecule has 1 fully saturated rings. The van der Waals surface area contributed by atoms with E-state index in [0.29, 0.717) is 72.4 Å². The molecule has 51 heavy (non-hydrogen) atoms. The predicted octanol–water partition coefficient (Wildman–Crippen LogP) is 5.15. The van der Waals surface area contributed by atoms with Crippen LogP contribution in [0.5, 0.6) is 17.2 Å². The number of rotatable bonds is 17. The molecular weight excluding hydrogens is 650 g/mol. The number of hydrogen-bond acceptors (Lipinski definition) is 8. The molecule has 0 bridgehead atoms. The Labute approximate surface area is 301 Å². The summed E-state index contributed by atoms with van der Waals surface area (Å²) in [6, 6.07) is 17.5. The zero-order chi connectivity index (χ0) is 36.8. The minimum atomic E-state index is -0.398. The summed E-state index contributed by atoms with van der Waals surface area (Å²) in [6.07, 6.45) is 3.61. The third-order valence-corrected chi connectivity index (χ3v) is 8.71. The highest BCUT2D eigenvalue weighted by molar-refractivity contribution is 6.09. The van der Waals surface area contributed by atoms with E-state index in [-0.39, 0.29) is 17.7 Å². The van der Waals surface area contributed by atoms with Crippen molar-refractivity contribution in [1.82, 2.24) is 15.1 Å². The van der Waals surface area contributed by atoms with Gasteiger partial charge in [0.1, 0.15) is 17.2 Å². The van der Waals surface area contributed by atoms with Gasteiger partial charge >= 0.3 is 0 Å². The van der Waals surface area contributed by atoms with Gasteiger partial charge in [0.2, 0.25) is 11.8 Å². The van der Waals surface area contributed by atoms with E-state index in [0.717, 1.165) is 51.0 Å². The predicted molar refractivity (Wildman–Crippen MR) is 198 cm³/mol. The summed E-state index contributed by atoms with van der Waals surface area (Å²) in [6.45, 7) is 8.12. The summed E-state index contributed by atoms with van der Waals surface area (Å²) in [5.41, 5.74) is 2.73. The van der Waals surface area contributed by atoms with Crippen LogP contribution in [0.4, 0.5) is 11.4 Å². The van der Waals surface area contributed by atoms with Gasteiger partial charge in [0.05, 0.1) is 37.3 Å². The second-order valence-corrected chi connectivity index (χ2v) is 12.7. The first-order valence-electron chi connectivity index (χ1n) is 17.5. The number of ether oxygens (including phenoxy) is 3. The van der Waals surface area contributed by atoms with E-state index in [1.165, 1.54) is 18.9 Å². The molecule has 0 aromatic heterocycles. The lowest BCUT2D eigenvalue weighted by Crippen LogP contribution is -2.47. The third-order valence-electron chi connectivity index (χ3n) is 8.71. The Kier molecular flexibility index (Phi) is 14.7. The van der Waals surface area contributed by atoms with Gasteiger partial charge in [-0.2, -0.15) is 0 Å². The summed E-state index contributed by atoms with van der Waals surface area (Å²) < 4.78 is 17.6. The molecule has 0 aliphatic carbocycles. The van der Waals surface area contributed by atoms with Crippen LogP contribution in [-0.4, -0.2) is 101 Å². The lowest BCUT2D eigenvalue weighted by Gasteiger charge is -2.32. The zero-order valence-electron chi connectivity index (χ0n) is 30.5. The van der Waals surface area contributed by atoms with Gasteiger partial charge in [0.15, 0.2) is 0 Å². The molecule has 1 aliphatic rings. The van der Waals surface area contributed by atoms with Gasteiger partial charge in [-0.25, -0.2) is 0 Å². The van der Waals surface area contributed by atoms with Crippen molar-refractivity contribution in [3.8, 4) is 17.2 Å². The summed E-state index contributed by atoms with van der Waals surface area (Å²) in [5.74, 6) is 0.777. The first-order valence-corrected chi connectivity index (χ1v) is 17.5. The van der Waals surface area contributed by atoms with Crippen molar-refractivity contribution in [2.24, 2.45) is 0 Å². The first-order chi connectivity index (χ1) is 24.6. The average molecular weight is 702 g/mol. The largest absolute Gasteiger partial charge is 0.495 e. The molecule has 4 amide bonds. The van der Waals surface area contributed by atoms with Crippen LogP contribution in [0.25, 0.3) is 0 Å². The maximum atomic E-state index is 13.7. The monoisotopic (exact) mass is 701 g/mol. The summed E-state index contributed by atoms with van der Waals surface area (Å²) in [7, 11) is 5.25. The molecule has 4 rings (SSSR count). The number of amides is 4. The number of aryl methyl sites for hydroxylation is 1. The number of carbonyl (C=O) groups excluding carboxylic acids is 4. The van der Waals surface area contributed by atoms with E-state index in [9.17, 15) is 19.2 Å². The number of likely N-dealkylation sites (N-methyl/N-ethyl adjacent to an activating group) is 1. The van der Waals surface area contributed by atoms with Crippen molar-refractivity contribution in [1.29, 1.82) is 0 Å². The molecule has 0 saturated carbocycles. The molecule has 1 heterocycles. The highest BCUT2D eigenvalue weighted by Gasteiger charge is 2.21. The molecule has 0 spiro atoms. The molecule has 1 aliphatic heterocycles. The number of methoxy groups -OCH3 is 1. The molecule has 2 N–H and O–H groups in total. The fourth-order valence-corrected chi connectivity index (χ4v) is 5.68. The van der Waals surface area contributed by atoms with E-state index in [4.69, 9.17) is 14.2 Å². The van der Waals surface area contributed by atoms with E-state index >= 15 is 0 Å². The number of nitrogens with one attached hydrogen (secondary N) is 2. The number of nitrogens with zero attached hydrogens (tertiary/aromatic N) is 3. The van der Waals surface area contributed by atoms with E-state index < -0.39 is 5.91 Å². The van der Waals surface area contributed by atoms with Crippen LogP contribution in [0, 0.1) is 6.92 Å². The van der Waals surface area contributed by atoms with Crippen molar-refractivity contribution in [3.05, 3.63) is 77.4 Å². The number of carbonyl (C=O) groups is 4. The fourth-order valence-electron chi connectivity index (χ4n) is 5.68. The van der Waals surface area contributed by atoms with Gasteiger partial charge in [-0.05, 0) is 87.7 Å². The van der Waals surface area contributed by atoms with E-state index in [1.807, 2.05) is 30.0 Å². The molecule has 0 unspecified atom stereocenters. The molecule has 12 heteroatoms. The van der Waals surface area contributed by atoms with Gasteiger partial charge in [-0.1, -0.05) is 18.2 Å². The molecule has 274 valence electrons. The lowest BCUT2D eigenvalue weighted by molar-refractivity contribution is -0.132. The van der Waals surface area contributed by atoms with Crippen molar-refractivity contribution < 1.29 is 33.4 Å². The lowest BCUT2D eigenvalue weighted by atomic mass is 10.1. The highest BCUT2D eigenvalue weighted by atomic mass is 16.5. The smallest absolute Gasteiger partial charge is 0.259 e. The van der Waals surface area contributed by atoms with Crippen LogP contribution < -0.4 is 29.7 Å². The topological polar surface area (TPSA) is 130 Å². The quantitative estimate of drug-likeness (QED) is 0.185. The second kappa shape index (κ2) is 19.3. The van der Waals surface area contributed by atoms with E-state index in [1.54, 1.807) is 49.5 Å². The van der Waals surface area contributed by atoms with Crippen LogP contribution in [0.2, 0.25) is 0 Å². The van der Waals surface area contributed by atoms with Crippen LogP contribution in [0.15, 0.2) is 60.7 Å². The fraction of sp³-hybridized carbons (Fsp3) is 0.436. The maximum Gasteiger partial charge on any atom is 0.259 e. The third kappa shape index (κ3) is 11.5. The Morgan fingerprint density at radius 2 is 1.55 bits per heavy atom. The Balaban J connectivity index is 1.33. The Bertz CT molecular complexity index is 1650. The van der Waals surface area contributed by atoms with Gasteiger partial charge in [0.25, 0.3) is 11.8 Å². The number of anilines is 2. The minimum Gasteiger partial charge on any atom is -0.495 e. The summed E-state index contributed by atoms with van der Waals surface area (Å²) >= 11 is 0. The van der Waals surface area contributed by atoms with Crippen LogP contribution >= 0.6 is 0 Å². The molecule has 3 aromatic rings. The second-order valence-electron chi connectivity index (χ2n) is 12.7. The number of hydrogen-bond donors (Lipinski definition) is 2. The minimum absolute atomic E-state index is 0.109. The number of unbranched alkanes of at least 4 members (excludes halogenated alkanes) is 2. The Hall–Kier alpha value is -5.10. The molecule has 0 radical (unpaired) electrons. The van der Waals surface area contributed by atoms with Gasteiger partial charge < -0.3 is 39.5 Å². The Morgan fingerprint density at radius 1 is 0.824 bits per heavy atom. The van der Waals surface area contributed by atoms with Crippen molar-refractivity contribution >= 4 is 35.0 Å². The van der Waals surface area contributed by atoms with Crippen LogP contribution in [-0.2, 0) is 9.59 Å². The summed E-state index contributed by atoms with van der Waals surface area (Å²) in [5, 5.41) is 5.59. The summed E-state index contributed by atoms with van der Waals surface area (Å²) in [4.78, 5) is 56.4. The average Bonchev–Trinajstić information content (AvgIpc) is 3.12. The van der Waals surface area contributed by atoms with Crippen molar-refractivity contribution in [2.75, 3.05) is 77.4 Å². The molecule has 1 saturated heterocycles. The standard InChI is InChI=1S/C39H51N5O7/c1-28-15-18-33(36(26-28)51-24-10-6-7-14-37(46)44-22-20-42(3)21-23-44)43(4)39(48)30-16-17-32(35(27-30)49-5)41-38(47)31-12-8-9-13-34(31)50-25-11-19-40-29(2)45/h8-9,12-13,15-18,26-27H,6-7,10-11,14,19-25H2,1-5H3,(H,40,45)(H,41,47). The maximum absolute atomic E-state index is 13.7. The van der Waals surface area contributed by atoms with Crippen molar-refractivity contribution in [2.45, 2.75) is 46.0 Å². The number of para-hydroxylation sites is 1. The number of piperazine rings is 1. The first kappa shape index (κ1) is 38.7. The van der Waals surface area contributed by atoms with Gasteiger partial charge in [0, 0.05) is 58.7 Å². The molecule has 0 atom stereocenters. The SMILES string of the molecule is COc1cc(C(=O)N(C)c2ccc(C)cc2OCCCCCC(=O)N2CCN(C)CC2)ccc1NC(=O)c1ccccc1OCCCNC(C)=O. The van der Waals surface area contributed by atoms with Gasteiger partial charge in [-0.3, -0.25) is 19.2 Å². The zero-order valence-corrected chi connectivity index (χ0v) is 30.5. The van der Waals surface area contributed by atoms with Crippen LogP contribution in [0.3, 0.4) is 0 Å². The number of benzene rings is 3. The normalized spacial score (nSPS) is 12.9. The molecule has 12 nitrogen and oxygen atoms in total. The van der Waals surface area contributed by atoms with Gasteiger partial charge in [-0.15, -0.1) is 0 Å². The van der Waals surface area contributed by atoms with Crippen LogP contribution in [0.1, 0.15) is 65.3 Å². The molecule has 3 aromatic carbocycles. The Morgan fingerprint density at radius 3 is 2.29 bits per heavy atom. The molecular formula is C39H51N5O7. The van der Waals surface area contributed by atoms with Crippen molar-refractivity contribution in [3.63, 3.8) is 0 Å². The highest BCUT2D eigenvalue weighted by Crippen LogP contribution is 2.32.